The van der Waals surface area contributed by atoms with Gasteiger partial charge in [-0.25, -0.2) is 0 Å². The molecule has 1 amide bonds. The first kappa shape index (κ1) is 11.7. The van der Waals surface area contributed by atoms with Gasteiger partial charge >= 0.3 is 108 Å². The fourth-order valence-electron chi connectivity index (χ4n) is 1.37. The van der Waals surface area contributed by atoms with E-state index < -0.39 is 0 Å². The van der Waals surface area contributed by atoms with Crippen LogP contribution in [0.3, 0.4) is 0 Å². The second kappa shape index (κ2) is 4.59. The first-order chi connectivity index (χ1) is 7.58. The summed E-state index contributed by atoms with van der Waals surface area (Å²) in [5, 5.41) is -0.156. The van der Waals surface area contributed by atoms with Gasteiger partial charge in [-0.15, -0.1) is 0 Å². The Kier molecular flexibility index (Phi) is 3.35. The molecule has 0 saturated carbocycles. The monoisotopic (exact) mass is 347 g/mol. The Balaban J connectivity index is 2.28. The molecular weight excluding hydrogens is 337 g/mol. The van der Waals surface area contributed by atoms with E-state index in [1.54, 1.807) is 6.20 Å². The van der Waals surface area contributed by atoms with Crippen LogP contribution in [-0.4, -0.2) is 25.9 Å². The van der Waals surface area contributed by atoms with Crippen LogP contribution in [0, 0.1) is 0 Å². The number of hydrogen-bond donors (Lipinski definition) is 2. The van der Waals surface area contributed by atoms with Gasteiger partial charge in [-0.1, -0.05) is 0 Å². The summed E-state index contributed by atoms with van der Waals surface area (Å²) < 4.78 is 1.64. The standard InChI is InChI=1S/C10H10BrN3OSe/c11-6-1-3-7(4-2-6)14-5-8(9(12)15)16-10(14)13/h1-5,10H,13H2,(H2,12,15). The molecule has 16 heavy (non-hydrogen) atoms. The third-order valence-electron chi connectivity index (χ3n) is 2.15. The van der Waals surface area contributed by atoms with Crippen LogP contribution in [0.25, 0.3) is 0 Å². The van der Waals surface area contributed by atoms with Crippen LogP contribution in [0.4, 0.5) is 5.69 Å². The zero-order chi connectivity index (χ0) is 11.7. The van der Waals surface area contributed by atoms with E-state index in [1.165, 1.54) is 0 Å². The molecule has 0 saturated heterocycles. The van der Waals surface area contributed by atoms with Crippen molar-refractivity contribution >= 4 is 42.5 Å². The quantitative estimate of drug-likeness (QED) is 0.768. The minimum absolute atomic E-state index is 0.0844. The number of anilines is 1. The zero-order valence-electron chi connectivity index (χ0n) is 8.26. The van der Waals surface area contributed by atoms with Crippen LogP contribution in [0.2, 0.25) is 0 Å². The number of benzene rings is 1. The molecule has 0 aliphatic carbocycles. The average Bonchev–Trinajstić information content (AvgIpc) is 2.62. The van der Waals surface area contributed by atoms with Crippen LogP contribution in [0.1, 0.15) is 0 Å². The Hall–Kier alpha value is -0.811. The Morgan fingerprint density at radius 1 is 1.38 bits per heavy atom. The van der Waals surface area contributed by atoms with Crippen molar-refractivity contribution in [1.82, 2.24) is 0 Å². The Bertz CT molecular complexity index is 446. The van der Waals surface area contributed by atoms with Gasteiger partial charge in [0, 0.05) is 0 Å². The Morgan fingerprint density at radius 3 is 2.50 bits per heavy atom. The molecule has 4 N–H and O–H groups in total. The molecule has 0 radical (unpaired) electrons. The van der Waals surface area contributed by atoms with E-state index >= 15 is 0 Å². The van der Waals surface area contributed by atoms with Gasteiger partial charge in [0.05, 0.1) is 0 Å². The number of halogens is 1. The van der Waals surface area contributed by atoms with E-state index in [4.69, 9.17) is 11.5 Å². The zero-order valence-corrected chi connectivity index (χ0v) is 11.6. The number of hydrogen-bond acceptors (Lipinski definition) is 3. The van der Waals surface area contributed by atoms with Gasteiger partial charge < -0.3 is 0 Å². The fourth-order valence-corrected chi connectivity index (χ4v) is 3.41. The third kappa shape index (κ3) is 2.30. The molecule has 1 unspecified atom stereocenters. The number of nitrogens with two attached hydrogens (primary N) is 2. The van der Waals surface area contributed by atoms with Gasteiger partial charge in [-0.2, -0.15) is 0 Å². The van der Waals surface area contributed by atoms with Gasteiger partial charge in [0.15, 0.2) is 0 Å². The number of carbonyl (C=O) groups is 1. The van der Waals surface area contributed by atoms with E-state index in [2.05, 4.69) is 15.9 Å². The molecule has 84 valence electrons. The van der Waals surface area contributed by atoms with E-state index in [-0.39, 0.29) is 25.9 Å². The molecule has 1 aromatic rings. The van der Waals surface area contributed by atoms with Crippen molar-refractivity contribution < 1.29 is 4.79 Å². The molecule has 1 aliphatic rings. The summed E-state index contributed by atoms with van der Waals surface area (Å²) in [6, 6.07) is 7.76. The second-order valence-corrected chi connectivity index (χ2v) is 6.60. The van der Waals surface area contributed by atoms with E-state index in [0.29, 0.717) is 4.47 Å². The van der Waals surface area contributed by atoms with Crippen LogP contribution in [0.5, 0.6) is 0 Å². The van der Waals surface area contributed by atoms with Gasteiger partial charge in [0.1, 0.15) is 0 Å². The first-order valence-electron chi connectivity index (χ1n) is 4.55. The van der Waals surface area contributed by atoms with Crippen molar-refractivity contribution in [3.8, 4) is 0 Å². The van der Waals surface area contributed by atoms with Crippen molar-refractivity contribution in [1.29, 1.82) is 0 Å². The molecule has 0 aromatic heterocycles. The molecule has 0 bridgehead atoms. The van der Waals surface area contributed by atoms with Crippen molar-refractivity contribution in [3.63, 3.8) is 0 Å². The van der Waals surface area contributed by atoms with E-state index in [0.717, 1.165) is 10.2 Å². The minimum atomic E-state index is -0.380. The molecule has 0 fully saturated rings. The summed E-state index contributed by atoms with van der Waals surface area (Å²) in [6.07, 6.45) is 1.75. The second-order valence-electron chi connectivity index (χ2n) is 3.25. The van der Waals surface area contributed by atoms with Crippen molar-refractivity contribution in [3.05, 3.63) is 39.4 Å². The van der Waals surface area contributed by atoms with Gasteiger partial charge in [-0.05, 0) is 0 Å². The number of carbonyl (C=O) groups excluding carboxylic acids is 1. The Labute approximate surface area is 108 Å². The summed E-state index contributed by atoms with van der Waals surface area (Å²) >= 11 is 3.28. The summed E-state index contributed by atoms with van der Waals surface area (Å²) in [7, 11) is 0. The first-order valence-corrected chi connectivity index (χ1v) is 7.19. The topological polar surface area (TPSA) is 72.4 Å². The average molecular weight is 347 g/mol. The predicted molar refractivity (Wildman–Crippen MR) is 67.6 cm³/mol. The van der Waals surface area contributed by atoms with Crippen LogP contribution in [-0.2, 0) is 4.79 Å². The molecule has 1 atom stereocenters. The van der Waals surface area contributed by atoms with Crippen LogP contribution in [0.15, 0.2) is 39.4 Å². The van der Waals surface area contributed by atoms with Gasteiger partial charge in [0.25, 0.3) is 0 Å². The van der Waals surface area contributed by atoms with E-state index in [9.17, 15) is 4.79 Å². The molecule has 1 aliphatic heterocycles. The summed E-state index contributed by atoms with van der Waals surface area (Å²) in [6.45, 7) is 0. The number of nitrogens with zero attached hydrogens (tertiary/aromatic N) is 1. The fraction of sp³-hybridized carbons (Fsp3) is 0.100. The number of primary amides is 1. The summed E-state index contributed by atoms with van der Waals surface area (Å²) in [4.78, 5) is 12.9. The van der Waals surface area contributed by atoms with E-state index in [1.807, 2.05) is 29.2 Å². The predicted octanol–water partition coefficient (Wildman–Crippen LogP) is 0.542. The third-order valence-corrected chi connectivity index (χ3v) is 4.83. The van der Waals surface area contributed by atoms with Gasteiger partial charge in [0.2, 0.25) is 0 Å². The molecular formula is C10H10BrN3OSe. The molecule has 6 heteroatoms. The maximum atomic E-state index is 11.1. The molecule has 4 nitrogen and oxygen atoms in total. The molecule has 1 heterocycles. The number of rotatable bonds is 2. The SMILES string of the molecule is NC(=O)C1=CN(c2ccc(Br)cc2)C(N)[Se]1. The van der Waals surface area contributed by atoms with Gasteiger partial charge in [-0.3, -0.25) is 0 Å². The number of amides is 1. The normalized spacial score (nSPS) is 19.8. The summed E-state index contributed by atoms with van der Waals surface area (Å²) in [5.41, 5.74) is 12.2. The van der Waals surface area contributed by atoms with Crippen molar-refractivity contribution in [2.75, 3.05) is 4.90 Å². The van der Waals surface area contributed by atoms with Crippen LogP contribution >= 0.6 is 15.9 Å². The molecule has 1 aromatic carbocycles. The molecule has 2 rings (SSSR count). The molecule has 0 spiro atoms. The van der Waals surface area contributed by atoms with Crippen molar-refractivity contribution in [2.45, 2.75) is 5.06 Å². The Morgan fingerprint density at radius 2 is 2.00 bits per heavy atom. The van der Waals surface area contributed by atoms with Crippen molar-refractivity contribution in [2.24, 2.45) is 11.5 Å². The van der Waals surface area contributed by atoms with Crippen LogP contribution < -0.4 is 16.4 Å². The maximum absolute atomic E-state index is 11.1. The summed E-state index contributed by atoms with van der Waals surface area (Å²) in [5.74, 6) is -0.380.